The molecule has 1 amide bonds. The van der Waals surface area contributed by atoms with Crippen LogP contribution < -0.4 is 5.73 Å². The Morgan fingerprint density at radius 3 is 2.39 bits per heavy atom. The lowest BCUT2D eigenvalue weighted by molar-refractivity contribution is -0.127. The summed E-state index contributed by atoms with van der Waals surface area (Å²) in [4.78, 5) is 13.6. The van der Waals surface area contributed by atoms with E-state index in [0.29, 0.717) is 13.0 Å². The Morgan fingerprint density at radius 1 is 1.28 bits per heavy atom. The van der Waals surface area contributed by atoms with Crippen LogP contribution in [0.15, 0.2) is 12.1 Å². The van der Waals surface area contributed by atoms with E-state index < -0.39 is 0 Å². The third-order valence-electron chi connectivity index (χ3n) is 3.72. The molecule has 1 fully saturated rings. The molecule has 0 aliphatic carbocycles. The minimum atomic E-state index is 0.0257. The molecular formula is C15H22N2O. The smallest absolute Gasteiger partial charge is 0.224 e. The summed E-state index contributed by atoms with van der Waals surface area (Å²) in [6, 6.07) is 4.44. The molecule has 1 unspecified atom stereocenters. The SMILES string of the molecule is Cc1cc(C)c(CCN2CC(N)CC2=O)c(C)c1. The summed E-state index contributed by atoms with van der Waals surface area (Å²) in [7, 11) is 0. The average Bonchev–Trinajstić information content (AvgIpc) is 2.55. The van der Waals surface area contributed by atoms with E-state index in [4.69, 9.17) is 5.73 Å². The van der Waals surface area contributed by atoms with Gasteiger partial charge in [0.05, 0.1) is 0 Å². The predicted molar refractivity (Wildman–Crippen MR) is 73.5 cm³/mol. The minimum Gasteiger partial charge on any atom is -0.341 e. The van der Waals surface area contributed by atoms with Gasteiger partial charge in [-0.15, -0.1) is 0 Å². The molecule has 1 heterocycles. The van der Waals surface area contributed by atoms with Gasteiger partial charge in [0.15, 0.2) is 0 Å². The molecule has 1 aromatic carbocycles. The Labute approximate surface area is 109 Å². The van der Waals surface area contributed by atoms with E-state index in [2.05, 4.69) is 32.9 Å². The van der Waals surface area contributed by atoms with E-state index in [-0.39, 0.29) is 11.9 Å². The number of nitrogens with two attached hydrogens (primary N) is 1. The summed E-state index contributed by atoms with van der Waals surface area (Å²) in [6.07, 6.45) is 1.43. The number of hydrogen-bond donors (Lipinski definition) is 1. The maximum Gasteiger partial charge on any atom is 0.224 e. The van der Waals surface area contributed by atoms with Crippen LogP contribution >= 0.6 is 0 Å². The van der Waals surface area contributed by atoms with Gasteiger partial charge in [-0.2, -0.15) is 0 Å². The molecule has 0 bridgehead atoms. The van der Waals surface area contributed by atoms with E-state index >= 15 is 0 Å². The lowest BCUT2D eigenvalue weighted by Crippen LogP contribution is -2.30. The van der Waals surface area contributed by atoms with Crippen molar-refractivity contribution in [1.29, 1.82) is 0 Å². The summed E-state index contributed by atoms with van der Waals surface area (Å²) >= 11 is 0. The Morgan fingerprint density at radius 2 is 1.89 bits per heavy atom. The van der Waals surface area contributed by atoms with Gasteiger partial charge in [0.25, 0.3) is 0 Å². The molecule has 0 saturated carbocycles. The van der Waals surface area contributed by atoms with Crippen LogP contribution in [-0.4, -0.2) is 29.9 Å². The van der Waals surface area contributed by atoms with Gasteiger partial charge in [-0.25, -0.2) is 0 Å². The van der Waals surface area contributed by atoms with Crippen LogP contribution in [0, 0.1) is 20.8 Å². The normalized spacial score (nSPS) is 19.7. The van der Waals surface area contributed by atoms with Crippen LogP contribution in [0.25, 0.3) is 0 Å². The molecule has 3 nitrogen and oxygen atoms in total. The number of aryl methyl sites for hydroxylation is 3. The molecule has 0 aromatic heterocycles. The number of nitrogens with zero attached hydrogens (tertiary/aromatic N) is 1. The molecule has 2 N–H and O–H groups in total. The van der Waals surface area contributed by atoms with Crippen molar-refractivity contribution < 1.29 is 4.79 Å². The standard InChI is InChI=1S/C15H22N2O/c1-10-6-11(2)14(12(3)7-10)4-5-17-9-13(16)8-15(17)18/h6-7,13H,4-5,8-9,16H2,1-3H3. The van der Waals surface area contributed by atoms with Crippen LogP contribution in [0.5, 0.6) is 0 Å². The zero-order chi connectivity index (χ0) is 13.3. The van der Waals surface area contributed by atoms with Crippen molar-refractivity contribution in [2.75, 3.05) is 13.1 Å². The van der Waals surface area contributed by atoms with Gasteiger partial charge < -0.3 is 10.6 Å². The molecule has 98 valence electrons. The second kappa shape index (κ2) is 5.11. The number of carbonyl (C=O) groups excluding carboxylic acids is 1. The van der Waals surface area contributed by atoms with E-state index in [0.717, 1.165) is 13.0 Å². The van der Waals surface area contributed by atoms with Crippen molar-refractivity contribution in [3.05, 3.63) is 34.4 Å². The molecule has 18 heavy (non-hydrogen) atoms. The first kappa shape index (κ1) is 13.1. The monoisotopic (exact) mass is 246 g/mol. The Kier molecular flexibility index (Phi) is 3.71. The highest BCUT2D eigenvalue weighted by Gasteiger charge is 2.26. The van der Waals surface area contributed by atoms with Crippen molar-refractivity contribution >= 4 is 5.91 Å². The molecule has 1 aliphatic heterocycles. The highest BCUT2D eigenvalue weighted by atomic mass is 16.2. The zero-order valence-corrected chi connectivity index (χ0v) is 11.5. The molecule has 1 aliphatic rings. The highest BCUT2D eigenvalue weighted by molar-refractivity contribution is 5.79. The molecule has 3 heteroatoms. The van der Waals surface area contributed by atoms with Crippen LogP contribution in [0.3, 0.4) is 0 Å². The van der Waals surface area contributed by atoms with Gasteiger partial charge in [0, 0.05) is 25.6 Å². The summed E-state index contributed by atoms with van der Waals surface area (Å²) in [5.74, 6) is 0.199. The molecule has 1 aromatic rings. The summed E-state index contributed by atoms with van der Waals surface area (Å²) < 4.78 is 0. The van der Waals surface area contributed by atoms with E-state index in [1.165, 1.54) is 22.3 Å². The average molecular weight is 246 g/mol. The summed E-state index contributed by atoms with van der Waals surface area (Å²) in [5, 5.41) is 0. The Balaban J connectivity index is 2.05. The molecule has 1 saturated heterocycles. The first-order valence-electron chi connectivity index (χ1n) is 6.57. The fourth-order valence-electron chi connectivity index (χ4n) is 2.87. The van der Waals surface area contributed by atoms with E-state index in [9.17, 15) is 4.79 Å². The molecular weight excluding hydrogens is 224 g/mol. The van der Waals surface area contributed by atoms with Gasteiger partial charge in [-0.3, -0.25) is 4.79 Å². The molecule has 1 atom stereocenters. The largest absolute Gasteiger partial charge is 0.341 e. The third-order valence-corrected chi connectivity index (χ3v) is 3.72. The molecule has 0 spiro atoms. The number of amides is 1. The lowest BCUT2D eigenvalue weighted by Gasteiger charge is -2.18. The van der Waals surface area contributed by atoms with Crippen molar-refractivity contribution in [3.63, 3.8) is 0 Å². The minimum absolute atomic E-state index is 0.0257. The number of benzene rings is 1. The summed E-state index contributed by atoms with van der Waals surface area (Å²) in [5.41, 5.74) is 11.1. The van der Waals surface area contributed by atoms with Crippen molar-refractivity contribution in [3.8, 4) is 0 Å². The van der Waals surface area contributed by atoms with Gasteiger partial charge in [0.1, 0.15) is 0 Å². The highest BCUT2D eigenvalue weighted by Crippen LogP contribution is 2.18. The number of likely N-dealkylation sites (tertiary alicyclic amines) is 1. The molecule has 2 rings (SSSR count). The second-order valence-electron chi connectivity index (χ2n) is 5.43. The maximum atomic E-state index is 11.7. The number of carbonyl (C=O) groups is 1. The summed E-state index contributed by atoms with van der Waals surface area (Å²) in [6.45, 7) is 7.91. The predicted octanol–water partition coefficient (Wildman–Crippen LogP) is 1.71. The topological polar surface area (TPSA) is 46.3 Å². The Bertz CT molecular complexity index is 445. The quantitative estimate of drug-likeness (QED) is 0.882. The molecule has 0 radical (unpaired) electrons. The van der Waals surface area contributed by atoms with Gasteiger partial charge >= 0.3 is 0 Å². The van der Waals surface area contributed by atoms with Crippen LogP contribution in [-0.2, 0) is 11.2 Å². The Hall–Kier alpha value is -1.35. The maximum absolute atomic E-state index is 11.7. The fraction of sp³-hybridized carbons (Fsp3) is 0.533. The first-order valence-corrected chi connectivity index (χ1v) is 6.57. The lowest BCUT2D eigenvalue weighted by atomic mass is 9.97. The first-order chi connectivity index (χ1) is 8.47. The van der Waals surface area contributed by atoms with Crippen LogP contribution in [0.4, 0.5) is 0 Å². The number of hydrogen-bond acceptors (Lipinski definition) is 2. The van der Waals surface area contributed by atoms with Gasteiger partial charge in [0.2, 0.25) is 5.91 Å². The van der Waals surface area contributed by atoms with E-state index in [1.54, 1.807) is 0 Å². The van der Waals surface area contributed by atoms with Crippen LogP contribution in [0.2, 0.25) is 0 Å². The van der Waals surface area contributed by atoms with Crippen LogP contribution in [0.1, 0.15) is 28.7 Å². The van der Waals surface area contributed by atoms with E-state index in [1.807, 2.05) is 4.90 Å². The van der Waals surface area contributed by atoms with Crippen molar-refractivity contribution in [2.45, 2.75) is 39.7 Å². The number of rotatable bonds is 3. The fourth-order valence-corrected chi connectivity index (χ4v) is 2.87. The van der Waals surface area contributed by atoms with Crippen molar-refractivity contribution in [1.82, 2.24) is 4.90 Å². The van der Waals surface area contributed by atoms with Gasteiger partial charge in [-0.05, 0) is 43.9 Å². The second-order valence-corrected chi connectivity index (χ2v) is 5.43. The third kappa shape index (κ3) is 2.72. The van der Waals surface area contributed by atoms with Crippen molar-refractivity contribution in [2.24, 2.45) is 5.73 Å². The van der Waals surface area contributed by atoms with Gasteiger partial charge in [-0.1, -0.05) is 17.7 Å². The zero-order valence-electron chi connectivity index (χ0n) is 11.5.